The highest BCUT2D eigenvalue weighted by molar-refractivity contribution is 9.10. The van der Waals surface area contributed by atoms with Gasteiger partial charge in [-0.3, -0.25) is 4.98 Å². The van der Waals surface area contributed by atoms with Crippen molar-refractivity contribution in [3.05, 3.63) is 58.1 Å². The molecule has 0 fully saturated rings. The van der Waals surface area contributed by atoms with Crippen LogP contribution in [0.2, 0.25) is 0 Å². The summed E-state index contributed by atoms with van der Waals surface area (Å²) in [5, 5.41) is 0. The number of methoxy groups -OCH3 is 1. The largest absolute Gasteiger partial charge is 0.495 e. The van der Waals surface area contributed by atoms with Crippen LogP contribution in [0.3, 0.4) is 0 Å². The van der Waals surface area contributed by atoms with E-state index in [9.17, 15) is 4.39 Å². The molecule has 2 N–H and O–H groups in total. The third-order valence-corrected chi connectivity index (χ3v) is 3.30. The van der Waals surface area contributed by atoms with Crippen molar-refractivity contribution in [2.45, 2.75) is 6.04 Å². The van der Waals surface area contributed by atoms with Gasteiger partial charge in [-0.05, 0) is 29.8 Å². The van der Waals surface area contributed by atoms with E-state index in [1.165, 1.54) is 12.1 Å². The second-order valence-electron chi connectivity index (χ2n) is 3.73. The predicted molar refractivity (Wildman–Crippen MR) is 70.9 cm³/mol. The van der Waals surface area contributed by atoms with E-state index >= 15 is 0 Å². The normalized spacial score (nSPS) is 12.2. The van der Waals surface area contributed by atoms with Crippen molar-refractivity contribution in [3.63, 3.8) is 0 Å². The lowest BCUT2D eigenvalue weighted by Crippen LogP contribution is -2.15. The number of halogens is 2. The lowest BCUT2D eigenvalue weighted by Gasteiger charge is -2.16. The summed E-state index contributed by atoms with van der Waals surface area (Å²) in [5.41, 5.74) is 7.52. The van der Waals surface area contributed by atoms with Crippen LogP contribution in [0.4, 0.5) is 4.39 Å². The molecule has 5 heteroatoms. The van der Waals surface area contributed by atoms with Crippen LogP contribution in [0.25, 0.3) is 0 Å². The van der Waals surface area contributed by atoms with Crippen molar-refractivity contribution < 1.29 is 9.13 Å². The Morgan fingerprint density at radius 1 is 1.39 bits per heavy atom. The molecule has 1 aromatic heterocycles. The van der Waals surface area contributed by atoms with Crippen LogP contribution in [-0.2, 0) is 0 Å². The molecular formula is C13H12BrFN2O. The van der Waals surface area contributed by atoms with E-state index in [0.29, 0.717) is 15.9 Å². The van der Waals surface area contributed by atoms with Gasteiger partial charge < -0.3 is 10.5 Å². The number of nitrogens with two attached hydrogens (primary N) is 1. The number of hydrogen-bond acceptors (Lipinski definition) is 3. The van der Waals surface area contributed by atoms with Crippen molar-refractivity contribution in [1.82, 2.24) is 4.98 Å². The van der Waals surface area contributed by atoms with Gasteiger partial charge in [0.05, 0.1) is 13.2 Å². The van der Waals surface area contributed by atoms with Gasteiger partial charge in [0, 0.05) is 10.7 Å². The molecule has 0 radical (unpaired) electrons. The predicted octanol–water partition coefficient (Wildman–Crippen LogP) is 3.04. The zero-order valence-corrected chi connectivity index (χ0v) is 11.3. The van der Waals surface area contributed by atoms with Gasteiger partial charge in [-0.15, -0.1) is 0 Å². The first kappa shape index (κ1) is 13.0. The minimum Gasteiger partial charge on any atom is -0.495 e. The number of pyridine rings is 1. The lowest BCUT2D eigenvalue weighted by atomic mass is 10.0. The summed E-state index contributed by atoms with van der Waals surface area (Å²) < 4.78 is 18.9. The van der Waals surface area contributed by atoms with Gasteiger partial charge in [-0.2, -0.15) is 0 Å². The minimum absolute atomic E-state index is 0.314. The van der Waals surface area contributed by atoms with Crippen LogP contribution >= 0.6 is 15.9 Å². The Balaban J connectivity index is 2.44. The molecular weight excluding hydrogens is 299 g/mol. The molecule has 2 aromatic rings. The number of ether oxygens (including phenoxy) is 1. The van der Waals surface area contributed by atoms with Crippen molar-refractivity contribution in [3.8, 4) is 5.75 Å². The molecule has 0 aliphatic carbocycles. The number of aromatic nitrogens is 1. The maximum Gasteiger partial charge on any atom is 0.142 e. The smallest absolute Gasteiger partial charge is 0.142 e. The van der Waals surface area contributed by atoms with Crippen LogP contribution in [0.15, 0.2) is 41.0 Å². The first-order chi connectivity index (χ1) is 8.63. The molecule has 0 spiro atoms. The van der Waals surface area contributed by atoms with Crippen LogP contribution in [0.1, 0.15) is 17.3 Å². The molecule has 0 aliphatic heterocycles. The van der Waals surface area contributed by atoms with E-state index in [1.54, 1.807) is 31.5 Å². The standard InChI is InChI=1S/C13H12BrFN2O/c1-18-11-3-2-6-17-13(11)12(16)9-5-4-8(15)7-10(9)14/h2-7,12H,16H2,1H3. The molecule has 1 heterocycles. The molecule has 3 nitrogen and oxygen atoms in total. The van der Waals surface area contributed by atoms with Crippen molar-refractivity contribution >= 4 is 15.9 Å². The fraction of sp³-hybridized carbons (Fsp3) is 0.154. The van der Waals surface area contributed by atoms with Gasteiger partial charge in [-0.25, -0.2) is 4.39 Å². The number of benzene rings is 1. The maximum absolute atomic E-state index is 13.0. The molecule has 0 saturated carbocycles. The molecule has 0 saturated heterocycles. The molecule has 94 valence electrons. The Labute approximate surface area is 113 Å². The first-order valence-electron chi connectivity index (χ1n) is 5.33. The minimum atomic E-state index is -0.476. The van der Waals surface area contributed by atoms with Crippen molar-refractivity contribution in [1.29, 1.82) is 0 Å². The van der Waals surface area contributed by atoms with Gasteiger partial charge in [-0.1, -0.05) is 22.0 Å². The van der Waals surface area contributed by atoms with Crippen LogP contribution < -0.4 is 10.5 Å². The summed E-state index contributed by atoms with van der Waals surface area (Å²) in [7, 11) is 1.56. The zero-order valence-electron chi connectivity index (χ0n) is 9.73. The summed E-state index contributed by atoms with van der Waals surface area (Å²) in [6, 6.07) is 7.48. The van der Waals surface area contributed by atoms with Crippen molar-refractivity contribution in [2.24, 2.45) is 5.73 Å². The van der Waals surface area contributed by atoms with Gasteiger partial charge in [0.2, 0.25) is 0 Å². The lowest BCUT2D eigenvalue weighted by molar-refractivity contribution is 0.404. The van der Waals surface area contributed by atoms with Gasteiger partial charge >= 0.3 is 0 Å². The summed E-state index contributed by atoms with van der Waals surface area (Å²) in [5.74, 6) is 0.298. The third-order valence-electron chi connectivity index (χ3n) is 2.61. The fourth-order valence-corrected chi connectivity index (χ4v) is 2.31. The second-order valence-corrected chi connectivity index (χ2v) is 4.59. The molecule has 1 aromatic carbocycles. The molecule has 0 amide bonds. The summed E-state index contributed by atoms with van der Waals surface area (Å²) in [6.45, 7) is 0. The summed E-state index contributed by atoms with van der Waals surface area (Å²) in [4.78, 5) is 4.22. The highest BCUT2D eigenvalue weighted by atomic mass is 79.9. The highest BCUT2D eigenvalue weighted by Gasteiger charge is 2.17. The second kappa shape index (κ2) is 5.46. The Bertz CT molecular complexity index is 562. The monoisotopic (exact) mass is 310 g/mol. The van der Waals surface area contributed by atoms with E-state index in [1.807, 2.05) is 0 Å². The fourth-order valence-electron chi connectivity index (χ4n) is 1.71. The number of nitrogens with zero attached hydrogens (tertiary/aromatic N) is 1. The molecule has 0 bridgehead atoms. The Kier molecular flexibility index (Phi) is 3.93. The molecule has 18 heavy (non-hydrogen) atoms. The zero-order chi connectivity index (χ0) is 13.1. The molecule has 2 rings (SSSR count). The van der Waals surface area contributed by atoms with E-state index in [2.05, 4.69) is 20.9 Å². The Morgan fingerprint density at radius 3 is 2.83 bits per heavy atom. The summed E-state index contributed by atoms with van der Waals surface area (Å²) in [6.07, 6.45) is 1.65. The van der Waals surface area contributed by atoms with Crippen molar-refractivity contribution in [2.75, 3.05) is 7.11 Å². The number of rotatable bonds is 3. The van der Waals surface area contributed by atoms with Gasteiger partial charge in [0.1, 0.15) is 17.3 Å². The number of hydrogen-bond donors (Lipinski definition) is 1. The van der Waals surface area contributed by atoms with E-state index < -0.39 is 6.04 Å². The third kappa shape index (κ3) is 2.52. The average Bonchev–Trinajstić information content (AvgIpc) is 2.38. The Hall–Kier alpha value is -1.46. The SMILES string of the molecule is COc1cccnc1C(N)c1ccc(F)cc1Br. The maximum atomic E-state index is 13.0. The van der Waals surface area contributed by atoms with E-state index in [4.69, 9.17) is 10.5 Å². The van der Waals surface area contributed by atoms with Crippen LogP contribution in [0.5, 0.6) is 5.75 Å². The Morgan fingerprint density at radius 2 is 2.17 bits per heavy atom. The topological polar surface area (TPSA) is 48.1 Å². The van der Waals surface area contributed by atoms with Gasteiger partial charge in [0.15, 0.2) is 0 Å². The van der Waals surface area contributed by atoms with E-state index in [-0.39, 0.29) is 5.82 Å². The quantitative estimate of drug-likeness (QED) is 0.948. The molecule has 1 unspecified atom stereocenters. The van der Waals surface area contributed by atoms with E-state index in [0.717, 1.165) is 5.56 Å². The highest BCUT2D eigenvalue weighted by Crippen LogP contribution is 2.30. The van der Waals surface area contributed by atoms with Crippen LogP contribution in [-0.4, -0.2) is 12.1 Å². The molecule has 1 atom stereocenters. The average molecular weight is 311 g/mol. The van der Waals surface area contributed by atoms with Crippen LogP contribution in [0, 0.1) is 5.82 Å². The molecule has 0 aliphatic rings. The summed E-state index contributed by atoms with van der Waals surface area (Å²) >= 11 is 3.30. The van der Waals surface area contributed by atoms with Gasteiger partial charge in [0.25, 0.3) is 0 Å². The first-order valence-corrected chi connectivity index (χ1v) is 6.12.